The van der Waals surface area contributed by atoms with Gasteiger partial charge in [0.2, 0.25) is 5.91 Å². The second-order valence-corrected chi connectivity index (χ2v) is 8.28. The van der Waals surface area contributed by atoms with Gasteiger partial charge in [-0.05, 0) is 62.2 Å². The summed E-state index contributed by atoms with van der Waals surface area (Å²) >= 11 is 0. The van der Waals surface area contributed by atoms with Crippen molar-refractivity contribution in [3.63, 3.8) is 0 Å². The molecule has 3 rings (SSSR count). The molecule has 1 aliphatic rings. The Kier molecular flexibility index (Phi) is 3.99. The number of aryl methyl sites for hydroxylation is 1. The zero-order chi connectivity index (χ0) is 18.4. The molecule has 0 saturated heterocycles. The molecule has 0 bridgehead atoms. The Labute approximate surface area is 147 Å². The van der Waals surface area contributed by atoms with E-state index in [0.717, 1.165) is 5.56 Å². The minimum absolute atomic E-state index is 0.0967. The van der Waals surface area contributed by atoms with E-state index in [1.807, 2.05) is 13.0 Å². The lowest BCUT2D eigenvalue weighted by atomic mass is 9.86. The van der Waals surface area contributed by atoms with Crippen molar-refractivity contribution >= 4 is 27.3 Å². The fraction of sp³-hybridized carbons (Fsp3) is 0.278. The molecule has 1 heterocycles. The summed E-state index contributed by atoms with van der Waals surface area (Å²) in [5, 5.41) is 2.77. The van der Waals surface area contributed by atoms with Crippen LogP contribution in [0.2, 0.25) is 0 Å². The number of sulfonamides is 1. The summed E-state index contributed by atoms with van der Waals surface area (Å²) in [6, 6.07) is 9.89. The Balaban J connectivity index is 2.02. The molecule has 25 heavy (non-hydrogen) atoms. The molecule has 7 heteroatoms. The number of benzene rings is 2. The van der Waals surface area contributed by atoms with Crippen molar-refractivity contribution in [1.29, 1.82) is 0 Å². The first-order valence-electron chi connectivity index (χ1n) is 7.78. The highest BCUT2D eigenvalue weighted by atomic mass is 32.2. The Hall–Kier alpha value is -2.54. The zero-order valence-corrected chi connectivity index (χ0v) is 15.3. The molecule has 0 unspecified atom stereocenters. The maximum atomic E-state index is 12.8. The number of hydrogen-bond acceptors (Lipinski definition) is 4. The molecule has 1 aliphatic heterocycles. The van der Waals surface area contributed by atoms with E-state index in [4.69, 9.17) is 4.74 Å². The van der Waals surface area contributed by atoms with Crippen molar-refractivity contribution in [2.45, 2.75) is 31.1 Å². The van der Waals surface area contributed by atoms with Gasteiger partial charge in [-0.15, -0.1) is 0 Å². The Morgan fingerprint density at radius 2 is 1.84 bits per heavy atom. The van der Waals surface area contributed by atoms with E-state index >= 15 is 0 Å². The molecular weight excluding hydrogens is 340 g/mol. The van der Waals surface area contributed by atoms with Gasteiger partial charge < -0.3 is 10.1 Å². The monoisotopic (exact) mass is 360 g/mol. The van der Waals surface area contributed by atoms with Crippen molar-refractivity contribution in [3.05, 3.63) is 47.5 Å². The summed E-state index contributed by atoms with van der Waals surface area (Å²) in [4.78, 5) is 12.1. The topological polar surface area (TPSA) is 84.5 Å². The molecular formula is C18H20N2O4S. The van der Waals surface area contributed by atoms with Crippen LogP contribution >= 0.6 is 0 Å². The van der Waals surface area contributed by atoms with Crippen LogP contribution in [0.3, 0.4) is 0 Å². The number of nitrogens with one attached hydrogen (secondary N) is 2. The van der Waals surface area contributed by atoms with Crippen molar-refractivity contribution in [3.8, 4) is 5.75 Å². The molecule has 1 amide bonds. The number of carbonyl (C=O) groups excluding carboxylic acids is 1. The molecule has 2 aromatic carbocycles. The highest BCUT2D eigenvalue weighted by Crippen LogP contribution is 2.39. The number of anilines is 2. The highest BCUT2D eigenvalue weighted by Gasteiger charge is 2.39. The lowest BCUT2D eigenvalue weighted by Gasteiger charge is -2.17. The second kappa shape index (κ2) is 5.77. The van der Waals surface area contributed by atoms with Crippen molar-refractivity contribution in [1.82, 2.24) is 0 Å². The van der Waals surface area contributed by atoms with Gasteiger partial charge in [-0.1, -0.05) is 6.07 Å². The lowest BCUT2D eigenvalue weighted by molar-refractivity contribution is -0.119. The van der Waals surface area contributed by atoms with Crippen LogP contribution in [0.4, 0.5) is 11.4 Å². The molecule has 0 fully saturated rings. The minimum Gasteiger partial charge on any atom is -0.495 e. The summed E-state index contributed by atoms with van der Waals surface area (Å²) < 4.78 is 33.4. The van der Waals surface area contributed by atoms with Crippen molar-refractivity contribution in [2.75, 3.05) is 17.1 Å². The molecule has 0 spiro atoms. The van der Waals surface area contributed by atoms with E-state index in [9.17, 15) is 13.2 Å². The first kappa shape index (κ1) is 17.3. The number of methoxy groups -OCH3 is 1. The van der Waals surface area contributed by atoms with Crippen LogP contribution in [0.5, 0.6) is 5.75 Å². The smallest absolute Gasteiger partial charge is 0.262 e. The van der Waals surface area contributed by atoms with Crippen molar-refractivity contribution < 1.29 is 17.9 Å². The molecule has 6 nitrogen and oxygen atoms in total. The van der Waals surface area contributed by atoms with Crippen LogP contribution in [0.25, 0.3) is 0 Å². The third-order valence-corrected chi connectivity index (χ3v) is 5.75. The van der Waals surface area contributed by atoms with Crippen LogP contribution in [0, 0.1) is 6.92 Å². The largest absolute Gasteiger partial charge is 0.495 e. The highest BCUT2D eigenvalue weighted by molar-refractivity contribution is 7.92. The van der Waals surface area contributed by atoms with Crippen LogP contribution in [-0.4, -0.2) is 21.4 Å². The molecule has 2 aromatic rings. The zero-order valence-electron chi connectivity index (χ0n) is 14.5. The summed E-state index contributed by atoms with van der Waals surface area (Å²) in [6.07, 6.45) is 0. The second-order valence-electron chi connectivity index (χ2n) is 6.60. The molecule has 0 aliphatic carbocycles. The molecule has 0 radical (unpaired) electrons. The fourth-order valence-corrected chi connectivity index (χ4v) is 3.91. The van der Waals surface area contributed by atoms with Crippen LogP contribution in [0.15, 0.2) is 41.3 Å². The van der Waals surface area contributed by atoms with Gasteiger partial charge in [0.1, 0.15) is 5.75 Å². The molecule has 132 valence electrons. The third-order valence-electron chi connectivity index (χ3n) is 4.39. The van der Waals surface area contributed by atoms with Crippen LogP contribution in [-0.2, 0) is 20.2 Å². The number of ether oxygens (including phenoxy) is 1. The van der Waals surface area contributed by atoms with E-state index in [2.05, 4.69) is 10.0 Å². The maximum absolute atomic E-state index is 12.8. The van der Waals surface area contributed by atoms with Gasteiger partial charge in [-0.2, -0.15) is 0 Å². The maximum Gasteiger partial charge on any atom is 0.262 e. The van der Waals surface area contributed by atoms with Crippen LogP contribution < -0.4 is 14.8 Å². The predicted octanol–water partition coefficient (Wildman–Crippen LogP) is 3.03. The van der Waals surface area contributed by atoms with Crippen molar-refractivity contribution in [2.24, 2.45) is 0 Å². The first-order chi connectivity index (χ1) is 11.6. The van der Waals surface area contributed by atoms with Gasteiger partial charge in [0.05, 0.1) is 23.1 Å². The third kappa shape index (κ3) is 2.95. The quantitative estimate of drug-likeness (QED) is 0.878. The Morgan fingerprint density at radius 3 is 2.52 bits per heavy atom. The van der Waals surface area contributed by atoms with E-state index < -0.39 is 15.4 Å². The number of amides is 1. The molecule has 0 atom stereocenters. The average Bonchev–Trinajstić information content (AvgIpc) is 2.76. The molecule has 0 saturated carbocycles. The summed E-state index contributed by atoms with van der Waals surface area (Å²) in [6.45, 7) is 5.40. The standard InChI is InChI=1S/C18H20N2O4S/c1-11-5-8-16(24-4)15(9-11)20-25(22,23)12-6-7-14-13(10-12)18(2,3)17(21)19-14/h5-10,20H,1-4H3,(H,19,21). The normalized spacial score (nSPS) is 15.4. The predicted molar refractivity (Wildman–Crippen MR) is 96.6 cm³/mol. The molecule has 0 aromatic heterocycles. The van der Waals surface area contributed by atoms with E-state index in [1.54, 1.807) is 32.0 Å². The van der Waals surface area contributed by atoms with Crippen LogP contribution in [0.1, 0.15) is 25.0 Å². The number of rotatable bonds is 4. The average molecular weight is 360 g/mol. The van der Waals surface area contributed by atoms with Gasteiger partial charge in [0.15, 0.2) is 0 Å². The Bertz CT molecular complexity index is 965. The summed E-state index contributed by atoms with van der Waals surface area (Å²) in [5.74, 6) is 0.290. The first-order valence-corrected chi connectivity index (χ1v) is 9.27. The van der Waals surface area contributed by atoms with Gasteiger partial charge in [0, 0.05) is 5.69 Å². The number of hydrogen-bond donors (Lipinski definition) is 2. The molecule has 2 N–H and O–H groups in total. The summed E-state index contributed by atoms with van der Waals surface area (Å²) in [5.41, 5.74) is 1.81. The summed E-state index contributed by atoms with van der Waals surface area (Å²) in [7, 11) is -2.34. The number of fused-ring (bicyclic) bond motifs is 1. The van der Waals surface area contributed by atoms with E-state index in [1.165, 1.54) is 19.2 Å². The van der Waals surface area contributed by atoms with E-state index in [-0.39, 0.29) is 10.8 Å². The number of carbonyl (C=O) groups is 1. The Morgan fingerprint density at radius 1 is 1.12 bits per heavy atom. The van der Waals surface area contributed by atoms with Gasteiger partial charge in [0.25, 0.3) is 10.0 Å². The minimum atomic E-state index is -3.82. The van der Waals surface area contributed by atoms with E-state index in [0.29, 0.717) is 22.7 Å². The SMILES string of the molecule is COc1ccc(C)cc1NS(=O)(=O)c1ccc2c(c1)C(C)(C)C(=O)N2. The fourth-order valence-electron chi connectivity index (χ4n) is 2.82. The van der Waals surface area contributed by atoms with Gasteiger partial charge >= 0.3 is 0 Å². The lowest BCUT2D eigenvalue weighted by Crippen LogP contribution is -2.27. The van der Waals surface area contributed by atoms with Gasteiger partial charge in [-0.3, -0.25) is 9.52 Å². The van der Waals surface area contributed by atoms with Gasteiger partial charge in [-0.25, -0.2) is 8.42 Å².